The van der Waals surface area contributed by atoms with Gasteiger partial charge in [0.25, 0.3) is 11.1 Å². The second-order valence-electron chi connectivity index (χ2n) is 7.32. The zero-order valence-electron chi connectivity index (χ0n) is 15.6. The minimum Gasteiger partial charge on any atom is -0.342 e. The second-order valence-corrected chi connectivity index (χ2v) is 7.32. The van der Waals surface area contributed by atoms with Gasteiger partial charge in [-0.05, 0) is 31.7 Å². The van der Waals surface area contributed by atoms with Crippen LogP contribution < -0.4 is 16.0 Å². The summed E-state index contributed by atoms with van der Waals surface area (Å²) in [6.45, 7) is 5.82. The number of hydrogen-bond acceptors (Lipinski definition) is 5. The lowest BCUT2D eigenvalue weighted by Gasteiger charge is -2.31. The van der Waals surface area contributed by atoms with E-state index in [0.717, 1.165) is 31.3 Å². The van der Waals surface area contributed by atoms with Gasteiger partial charge in [-0.25, -0.2) is 9.67 Å². The van der Waals surface area contributed by atoms with Crippen LogP contribution in [-0.2, 0) is 0 Å². The molecule has 0 amide bonds. The Hall–Kier alpha value is -2.96. The number of fused-ring (bicyclic) bond motifs is 1. The number of anilines is 1. The lowest BCUT2D eigenvalue weighted by Crippen LogP contribution is -2.36. The Morgan fingerprint density at radius 2 is 1.93 bits per heavy atom. The first-order chi connectivity index (χ1) is 13.0. The summed E-state index contributed by atoms with van der Waals surface area (Å²) in [7, 11) is 0. The van der Waals surface area contributed by atoms with Crippen LogP contribution in [0.2, 0.25) is 0 Å². The highest BCUT2D eigenvalue weighted by Crippen LogP contribution is 2.21. The molecule has 3 heterocycles. The lowest BCUT2D eigenvalue weighted by molar-refractivity contribution is 0.433. The smallest absolute Gasteiger partial charge is 0.275 e. The number of rotatable bonds is 3. The third kappa shape index (κ3) is 3.37. The van der Waals surface area contributed by atoms with Crippen LogP contribution in [0.3, 0.4) is 0 Å². The maximum atomic E-state index is 12.8. The summed E-state index contributed by atoms with van der Waals surface area (Å²) in [5.74, 6) is 1.26. The van der Waals surface area contributed by atoms with E-state index in [9.17, 15) is 9.59 Å². The molecule has 0 aliphatic carbocycles. The summed E-state index contributed by atoms with van der Waals surface area (Å²) in [5, 5.41) is 5.71. The number of benzene rings is 1. The van der Waals surface area contributed by atoms with Gasteiger partial charge in [0.1, 0.15) is 0 Å². The molecule has 1 N–H and O–H groups in total. The predicted molar refractivity (Wildman–Crippen MR) is 105 cm³/mol. The van der Waals surface area contributed by atoms with Gasteiger partial charge in [-0.3, -0.25) is 14.6 Å². The van der Waals surface area contributed by atoms with E-state index in [1.165, 1.54) is 10.7 Å². The van der Waals surface area contributed by atoms with E-state index in [4.69, 9.17) is 0 Å². The van der Waals surface area contributed by atoms with Crippen molar-refractivity contribution in [1.29, 1.82) is 0 Å². The summed E-state index contributed by atoms with van der Waals surface area (Å²) in [4.78, 5) is 34.6. The number of aromatic nitrogens is 4. The van der Waals surface area contributed by atoms with Gasteiger partial charge in [-0.1, -0.05) is 25.1 Å². The van der Waals surface area contributed by atoms with Gasteiger partial charge in [0.2, 0.25) is 5.95 Å². The van der Waals surface area contributed by atoms with Crippen molar-refractivity contribution < 1.29 is 0 Å². The molecule has 2 aromatic heterocycles. The Bertz CT molecular complexity index is 1080. The maximum Gasteiger partial charge on any atom is 0.275 e. The van der Waals surface area contributed by atoms with Gasteiger partial charge in [-0.15, -0.1) is 0 Å². The molecule has 1 aromatic carbocycles. The van der Waals surface area contributed by atoms with E-state index >= 15 is 0 Å². The largest absolute Gasteiger partial charge is 0.342 e. The quantitative estimate of drug-likeness (QED) is 0.770. The van der Waals surface area contributed by atoms with Crippen LogP contribution in [0, 0.1) is 5.92 Å². The van der Waals surface area contributed by atoms with Gasteiger partial charge in [0.05, 0.1) is 23.3 Å². The summed E-state index contributed by atoms with van der Waals surface area (Å²) in [6, 6.07) is 8.37. The number of aromatic amines is 1. The topological polar surface area (TPSA) is 83.9 Å². The highest BCUT2D eigenvalue weighted by Gasteiger charge is 2.20. The van der Waals surface area contributed by atoms with E-state index in [1.807, 2.05) is 25.1 Å². The molecule has 1 saturated heterocycles. The fourth-order valence-corrected chi connectivity index (χ4v) is 3.55. The molecule has 1 atom stereocenters. The molecule has 0 bridgehead atoms. The minimum atomic E-state index is -0.438. The molecule has 1 unspecified atom stereocenters. The van der Waals surface area contributed by atoms with E-state index in [1.54, 1.807) is 12.3 Å². The number of nitrogens with zero attached hydrogens (tertiary/aromatic N) is 4. The van der Waals surface area contributed by atoms with E-state index in [0.29, 0.717) is 22.9 Å². The Kier molecular flexibility index (Phi) is 4.51. The maximum absolute atomic E-state index is 12.8. The summed E-state index contributed by atoms with van der Waals surface area (Å²) < 4.78 is 1.40. The first kappa shape index (κ1) is 17.5. The van der Waals surface area contributed by atoms with Crippen LogP contribution >= 0.6 is 0 Å². The van der Waals surface area contributed by atoms with Crippen LogP contribution in [0.5, 0.6) is 0 Å². The van der Waals surface area contributed by atoms with E-state index < -0.39 is 6.04 Å². The Labute approximate surface area is 156 Å². The van der Waals surface area contributed by atoms with Gasteiger partial charge < -0.3 is 4.90 Å². The van der Waals surface area contributed by atoms with Crippen molar-refractivity contribution in [2.45, 2.75) is 32.7 Å². The van der Waals surface area contributed by atoms with Crippen LogP contribution in [0.15, 0.2) is 46.1 Å². The monoisotopic (exact) mass is 365 g/mol. The zero-order valence-corrected chi connectivity index (χ0v) is 15.6. The van der Waals surface area contributed by atoms with E-state index in [-0.39, 0.29) is 11.1 Å². The molecule has 1 aliphatic heterocycles. The van der Waals surface area contributed by atoms with Crippen LogP contribution in [-0.4, -0.2) is 32.8 Å². The molecule has 4 rings (SSSR count). The van der Waals surface area contributed by atoms with Crippen molar-refractivity contribution >= 4 is 16.7 Å². The van der Waals surface area contributed by atoms with Crippen LogP contribution in [0.1, 0.15) is 38.4 Å². The zero-order chi connectivity index (χ0) is 19.0. The number of H-pyrrole nitrogens is 1. The standard InChI is InChI=1S/C20H23N5O2/c1-13-7-9-24(10-8-13)20-22-17(11-18(26)23-20)14(2)25-19(27)16-6-4-3-5-15(16)12-21-25/h3-6,11-14H,7-10H2,1-2H3,(H,22,23,26). The molecule has 140 valence electrons. The Morgan fingerprint density at radius 3 is 2.70 bits per heavy atom. The highest BCUT2D eigenvalue weighted by atomic mass is 16.1. The fourth-order valence-electron chi connectivity index (χ4n) is 3.55. The minimum absolute atomic E-state index is 0.184. The van der Waals surface area contributed by atoms with Crippen molar-refractivity contribution in [2.75, 3.05) is 18.0 Å². The van der Waals surface area contributed by atoms with Crippen LogP contribution in [0.4, 0.5) is 5.95 Å². The van der Waals surface area contributed by atoms with Crippen molar-refractivity contribution in [3.8, 4) is 0 Å². The molecule has 1 aliphatic rings. The Morgan fingerprint density at radius 1 is 1.19 bits per heavy atom. The van der Waals surface area contributed by atoms with Crippen molar-refractivity contribution in [2.24, 2.45) is 5.92 Å². The highest BCUT2D eigenvalue weighted by molar-refractivity contribution is 5.80. The summed E-state index contributed by atoms with van der Waals surface area (Å²) in [5.41, 5.74) is 0.141. The third-order valence-electron chi connectivity index (χ3n) is 5.35. The number of piperidine rings is 1. The first-order valence-corrected chi connectivity index (χ1v) is 9.35. The number of hydrogen-bond donors (Lipinski definition) is 1. The molecule has 7 heteroatoms. The molecular weight excluding hydrogens is 342 g/mol. The number of nitrogens with one attached hydrogen (secondary N) is 1. The van der Waals surface area contributed by atoms with Crippen LogP contribution in [0.25, 0.3) is 10.8 Å². The average molecular weight is 365 g/mol. The van der Waals surface area contributed by atoms with Crippen molar-refractivity contribution in [1.82, 2.24) is 19.7 Å². The van der Waals surface area contributed by atoms with Gasteiger partial charge in [0, 0.05) is 24.5 Å². The van der Waals surface area contributed by atoms with Gasteiger partial charge >= 0.3 is 0 Å². The SMILES string of the molecule is CC1CCN(c2nc(C(C)n3ncc4ccccc4c3=O)cc(=O)[nH]2)CC1. The molecular formula is C20H23N5O2. The van der Waals surface area contributed by atoms with Gasteiger partial charge in [0.15, 0.2) is 0 Å². The second kappa shape index (κ2) is 6.98. The third-order valence-corrected chi connectivity index (χ3v) is 5.35. The molecule has 1 fully saturated rings. The first-order valence-electron chi connectivity index (χ1n) is 9.35. The fraction of sp³-hybridized carbons (Fsp3) is 0.400. The molecule has 0 radical (unpaired) electrons. The van der Waals surface area contributed by atoms with E-state index in [2.05, 4.69) is 26.9 Å². The molecule has 27 heavy (non-hydrogen) atoms. The van der Waals surface area contributed by atoms with Gasteiger partial charge in [-0.2, -0.15) is 5.10 Å². The summed E-state index contributed by atoms with van der Waals surface area (Å²) >= 11 is 0. The molecule has 0 spiro atoms. The summed E-state index contributed by atoms with van der Waals surface area (Å²) in [6.07, 6.45) is 3.83. The average Bonchev–Trinajstić information content (AvgIpc) is 2.68. The lowest BCUT2D eigenvalue weighted by atomic mass is 10.00. The van der Waals surface area contributed by atoms with Crippen molar-refractivity contribution in [3.05, 3.63) is 62.9 Å². The molecule has 3 aromatic rings. The Balaban J connectivity index is 1.72. The molecule has 7 nitrogen and oxygen atoms in total. The molecule has 0 saturated carbocycles. The normalized spacial score (nSPS) is 16.6. The predicted octanol–water partition coefficient (Wildman–Crippen LogP) is 2.33. The van der Waals surface area contributed by atoms with Crippen molar-refractivity contribution in [3.63, 3.8) is 0 Å².